The molecule has 0 saturated carbocycles. The summed E-state index contributed by atoms with van der Waals surface area (Å²) in [7, 11) is 1.06. The van der Waals surface area contributed by atoms with E-state index in [9.17, 15) is 27.5 Å². The van der Waals surface area contributed by atoms with Crippen molar-refractivity contribution >= 4 is 5.97 Å². The first-order valence-corrected chi connectivity index (χ1v) is 4.86. The van der Waals surface area contributed by atoms with Crippen molar-refractivity contribution < 1.29 is 36.9 Å². The van der Waals surface area contributed by atoms with Gasteiger partial charge in [-0.3, -0.25) is 9.78 Å². The molecule has 106 valence electrons. The summed E-state index contributed by atoms with van der Waals surface area (Å²) in [5.74, 6) is -2.90. The average molecular weight is 283 g/mol. The van der Waals surface area contributed by atoms with E-state index >= 15 is 0 Å². The van der Waals surface area contributed by atoms with Gasteiger partial charge < -0.3 is 14.6 Å². The summed E-state index contributed by atoms with van der Waals surface area (Å²) in [4.78, 5) is 14.5. The molecule has 0 atom stereocenters. The first-order chi connectivity index (χ1) is 8.78. The number of aromatic hydroxyl groups is 1. The molecule has 1 rings (SSSR count). The Morgan fingerprint density at radius 2 is 2.11 bits per heavy atom. The van der Waals surface area contributed by atoms with Crippen molar-refractivity contribution in [2.24, 2.45) is 0 Å². The van der Waals surface area contributed by atoms with Crippen LogP contribution in [-0.2, 0) is 22.6 Å². The van der Waals surface area contributed by atoms with Crippen LogP contribution in [0.4, 0.5) is 17.6 Å². The molecule has 5 nitrogen and oxygen atoms in total. The van der Waals surface area contributed by atoms with Gasteiger partial charge in [0.15, 0.2) is 11.5 Å². The zero-order valence-electron chi connectivity index (χ0n) is 9.62. The van der Waals surface area contributed by atoms with Crippen molar-refractivity contribution in [1.82, 2.24) is 4.98 Å². The van der Waals surface area contributed by atoms with E-state index < -0.39 is 42.5 Å². The van der Waals surface area contributed by atoms with Crippen LogP contribution in [-0.4, -0.2) is 29.5 Å². The third-order valence-electron chi connectivity index (χ3n) is 2.09. The van der Waals surface area contributed by atoms with Crippen molar-refractivity contribution in [2.45, 2.75) is 19.5 Å². The molecule has 19 heavy (non-hydrogen) atoms. The number of aromatic nitrogens is 1. The highest BCUT2D eigenvalue weighted by Crippen LogP contribution is 2.36. The number of methoxy groups -OCH3 is 1. The van der Waals surface area contributed by atoms with E-state index in [0.717, 1.165) is 7.11 Å². The Morgan fingerprint density at radius 3 is 2.58 bits per heavy atom. The lowest BCUT2D eigenvalue weighted by Gasteiger charge is -2.15. The molecule has 0 aliphatic carbocycles. The molecule has 0 spiro atoms. The molecular formula is C10H9F4NO4. The summed E-state index contributed by atoms with van der Waals surface area (Å²) in [5, 5.41) is 9.23. The molecule has 0 aromatic carbocycles. The van der Waals surface area contributed by atoms with Gasteiger partial charge in [0, 0.05) is 0 Å². The van der Waals surface area contributed by atoms with Gasteiger partial charge in [0.05, 0.1) is 31.0 Å². The Morgan fingerprint density at radius 1 is 1.47 bits per heavy atom. The van der Waals surface area contributed by atoms with Crippen LogP contribution in [0, 0.1) is 0 Å². The van der Waals surface area contributed by atoms with Crippen molar-refractivity contribution in [3.8, 4) is 11.5 Å². The second-order valence-electron chi connectivity index (χ2n) is 3.33. The highest BCUT2D eigenvalue weighted by molar-refractivity contribution is 5.72. The number of carbonyl (C=O) groups excluding carboxylic acids is 1. The number of rotatable bonds is 4. The van der Waals surface area contributed by atoms with Crippen molar-refractivity contribution in [2.75, 3.05) is 7.11 Å². The Hall–Kier alpha value is -2.06. The minimum Gasteiger partial charge on any atom is -0.503 e. The number of hydrogen-bond acceptors (Lipinski definition) is 5. The van der Waals surface area contributed by atoms with E-state index in [1.165, 1.54) is 0 Å². The molecule has 0 amide bonds. The predicted octanol–water partition coefficient (Wildman–Crippen LogP) is 1.87. The summed E-state index contributed by atoms with van der Waals surface area (Å²) < 4.78 is 57.0. The molecule has 0 saturated heterocycles. The van der Waals surface area contributed by atoms with Crippen LogP contribution >= 0.6 is 0 Å². The third-order valence-corrected chi connectivity index (χ3v) is 2.09. The molecule has 0 bridgehead atoms. The van der Waals surface area contributed by atoms with Gasteiger partial charge in [-0.2, -0.15) is 0 Å². The highest BCUT2D eigenvalue weighted by Gasteiger charge is 2.34. The standard InChI is InChI=1S/C10H9F4NO4/c1-18-8(17)2-6-5(3-11)9(7(16)4-15-6)19-10(12,13)14/h4,16H,2-3H2,1H3. The van der Waals surface area contributed by atoms with Gasteiger partial charge in [-0.1, -0.05) is 0 Å². The maximum absolute atomic E-state index is 12.8. The van der Waals surface area contributed by atoms with E-state index in [4.69, 9.17) is 0 Å². The second kappa shape index (κ2) is 5.72. The van der Waals surface area contributed by atoms with Crippen LogP contribution in [0.3, 0.4) is 0 Å². The minimum absolute atomic E-state index is 0.300. The molecule has 0 aliphatic rings. The summed E-state index contributed by atoms with van der Waals surface area (Å²) >= 11 is 0. The lowest BCUT2D eigenvalue weighted by atomic mass is 10.1. The lowest BCUT2D eigenvalue weighted by molar-refractivity contribution is -0.275. The highest BCUT2D eigenvalue weighted by atomic mass is 19.4. The quantitative estimate of drug-likeness (QED) is 0.675. The Bertz CT molecular complexity index is 475. The zero-order valence-corrected chi connectivity index (χ0v) is 9.62. The van der Waals surface area contributed by atoms with Gasteiger partial charge in [-0.05, 0) is 0 Å². The minimum atomic E-state index is -5.11. The molecule has 9 heteroatoms. The molecule has 0 aliphatic heterocycles. The second-order valence-corrected chi connectivity index (χ2v) is 3.33. The van der Waals surface area contributed by atoms with Crippen molar-refractivity contribution in [3.63, 3.8) is 0 Å². The summed E-state index contributed by atoms with van der Waals surface area (Å²) in [6.45, 7) is -1.39. The normalized spacial score (nSPS) is 11.2. The molecular weight excluding hydrogens is 274 g/mol. The number of carbonyl (C=O) groups is 1. The van der Waals surface area contributed by atoms with E-state index in [1.807, 2.05) is 0 Å². The Balaban J connectivity index is 3.21. The van der Waals surface area contributed by atoms with Crippen molar-refractivity contribution in [3.05, 3.63) is 17.5 Å². The number of esters is 1. The van der Waals surface area contributed by atoms with E-state index in [1.54, 1.807) is 0 Å². The van der Waals surface area contributed by atoms with Crippen molar-refractivity contribution in [1.29, 1.82) is 0 Å². The van der Waals surface area contributed by atoms with Crippen LogP contribution in [0.5, 0.6) is 11.5 Å². The van der Waals surface area contributed by atoms with Crippen LogP contribution in [0.1, 0.15) is 11.3 Å². The molecule has 0 fully saturated rings. The monoisotopic (exact) mass is 283 g/mol. The molecule has 0 radical (unpaired) electrons. The predicted molar refractivity (Wildman–Crippen MR) is 53.1 cm³/mol. The first kappa shape index (κ1) is 15.0. The fourth-order valence-corrected chi connectivity index (χ4v) is 1.29. The van der Waals surface area contributed by atoms with Gasteiger partial charge in [0.2, 0.25) is 0 Å². The number of hydrogen-bond donors (Lipinski definition) is 1. The van der Waals surface area contributed by atoms with Gasteiger partial charge in [-0.25, -0.2) is 4.39 Å². The van der Waals surface area contributed by atoms with Crippen LogP contribution < -0.4 is 4.74 Å². The average Bonchev–Trinajstić information content (AvgIpc) is 2.31. The van der Waals surface area contributed by atoms with E-state index in [2.05, 4.69) is 14.5 Å². The van der Waals surface area contributed by atoms with E-state index in [-0.39, 0.29) is 5.69 Å². The molecule has 1 aromatic heterocycles. The molecule has 0 unspecified atom stereocenters. The summed E-state index contributed by atoms with van der Waals surface area (Å²) in [6, 6.07) is 0. The van der Waals surface area contributed by atoms with Gasteiger partial charge in [-0.15, -0.1) is 13.2 Å². The SMILES string of the molecule is COC(=O)Cc1ncc(O)c(OC(F)(F)F)c1CF. The third kappa shape index (κ3) is 3.97. The molecule has 1 aromatic rings. The fraction of sp³-hybridized carbons (Fsp3) is 0.400. The maximum Gasteiger partial charge on any atom is 0.573 e. The van der Waals surface area contributed by atoms with Gasteiger partial charge in [0.1, 0.15) is 6.67 Å². The number of nitrogens with zero attached hydrogens (tertiary/aromatic N) is 1. The summed E-state index contributed by atoms with van der Waals surface area (Å²) in [6.07, 6.45) is -5.01. The number of pyridine rings is 1. The number of alkyl halides is 4. The number of ether oxygens (including phenoxy) is 2. The Kier molecular flexibility index (Phi) is 4.52. The lowest BCUT2D eigenvalue weighted by Crippen LogP contribution is -2.19. The summed E-state index contributed by atoms with van der Waals surface area (Å²) in [5.41, 5.74) is -0.950. The molecule has 1 heterocycles. The number of halogens is 4. The van der Waals surface area contributed by atoms with Crippen LogP contribution in [0.15, 0.2) is 6.20 Å². The fourth-order valence-electron chi connectivity index (χ4n) is 1.29. The van der Waals surface area contributed by atoms with Crippen LogP contribution in [0.25, 0.3) is 0 Å². The maximum atomic E-state index is 12.8. The largest absolute Gasteiger partial charge is 0.573 e. The topological polar surface area (TPSA) is 68.7 Å². The zero-order chi connectivity index (χ0) is 14.6. The van der Waals surface area contributed by atoms with Gasteiger partial charge in [0.25, 0.3) is 0 Å². The van der Waals surface area contributed by atoms with Gasteiger partial charge >= 0.3 is 12.3 Å². The molecule has 1 N–H and O–H groups in total. The smallest absolute Gasteiger partial charge is 0.503 e. The van der Waals surface area contributed by atoms with E-state index in [0.29, 0.717) is 6.20 Å². The van der Waals surface area contributed by atoms with Crippen LogP contribution in [0.2, 0.25) is 0 Å². The Labute approximate surface area is 104 Å². The first-order valence-electron chi connectivity index (χ1n) is 4.86.